The van der Waals surface area contributed by atoms with E-state index < -0.39 is 0 Å². The van der Waals surface area contributed by atoms with Crippen molar-refractivity contribution >= 4 is 46.9 Å². The Hall–Kier alpha value is -1.61. The van der Waals surface area contributed by atoms with Gasteiger partial charge in [-0.05, 0) is 17.7 Å². The molecule has 0 unspecified atom stereocenters. The van der Waals surface area contributed by atoms with Crippen LogP contribution in [0.15, 0.2) is 24.3 Å². The Kier molecular flexibility index (Phi) is 8.77. The summed E-state index contributed by atoms with van der Waals surface area (Å²) in [5.74, 6) is -0.0991. The number of thioether (sulfide) groups is 1. The molecule has 1 heterocycles. The van der Waals surface area contributed by atoms with Gasteiger partial charge in [-0.15, -0.1) is 12.4 Å². The fourth-order valence-corrected chi connectivity index (χ4v) is 2.72. The van der Waals surface area contributed by atoms with Gasteiger partial charge in [-0.1, -0.05) is 23.9 Å². The molecule has 1 aliphatic heterocycles. The molecule has 0 saturated carbocycles. The molecule has 24 heavy (non-hydrogen) atoms. The maximum absolute atomic E-state index is 11.7. The number of methoxy groups -OCH3 is 1. The molecule has 1 fully saturated rings. The highest BCUT2D eigenvalue weighted by atomic mass is 35.5. The number of benzene rings is 1. The molecule has 1 aliphatic rings. The van der Waals surface area contributed by atoms with Crippen LogP contribution in [0.2, 0.25) is 0 Å². The second kappa shape index (κ2) is 10.3. The van der Waals surface area contributed by atoms with Crippen molar-refractivity contribution in [1.29, 1.82) is 0 Å². The normalized spacial score (nSPS) is 13.8. The molecule has 1 aromatic rings. The summed E-state index contributed by atoms with van der Waals surface area (Å²) in [5.41, 5.74) is 1.51. The maximum atomic E-state index is 11.7. The highest BCUT2D eigenvalue weighted by Crippen LogP contribution is 2.21. The molecule has 0 aromatic heterocycles. The van der Waals surface area contributed by atoms with E-state index >= 15 is 0 Å². The van der Waals surface area contributed by atoms with Gasteiger partial charge in [0.15, 0.2) is 0 Å². The van der Waals surface area contributed by atoms with E-state index in [1.165, 1.54) is 4.90 Å². The van der Waals surface area contributed by atoms with E-state index in [0.29, 0.717) is 18.8 Å². The van der Waals surface area contributed by atoms with E-state index in [9.17, 15) is 14.4 Å². The first-order valence-electron chi connectivity index (χ1n) is 7.15. The summed E-state index contributed by atoms with van der Waals surface area (Å²) >= 11 is 1.02. The molecule has 0 bridgehead atoms. The topological polar surface area (TPSA) is 87.7 Å². The summed E-state index contributed by atoms with van der Waals surface area (Å²) < 4.78 is 4.88. The number of rotatable bonds is 8. The first-order chi connectivity index (χ1) is 11.1. The minimum atomic E-state index is -0.213. The summed E-state index contributed by atoms with van der Waals surface area (Å²) in [4.78, 5) is 36.0. The summed E-state index contributed by atoms with van der Waals surface area (Å²) in [5, 5.41) is 5.50. The summed E-state index contributed by atoms with van der Waals surface area (Å²) in [6.07, 6.45) is 0. The van der Waals surface area contributed by atoms with E-state index in [2.05, 4.69) is 10.6 Å². The van der Waals surface area contributed by atoms with E-state index in [0.717, 1.165) is 17.3 Å². The molecule has 1 saturated heterocycles. The zero-order valence-corrected chi connectivity index (χ0v) is 14.9. The van der Waals surface area contributed by atoms with Crippen molar-refractivity contribution in [3.8, 4) is 0 Å². The lowest BCUT2D eigenvalue weighted by molar-refractivity contribution is -0.125. The number of imide groups is 1. The Balaban J connectivity index is 0.00000288. The van der Waals surface area contributed by atoms with Crippen LogP contribution in [-0.4, -0.2) is 54.5 Å². The van der Waals surface area contributed by atoms with Crippen molar-refractivity contribution in [3.63, 3.8) is 0 Å². The number of halogens is 1. The van der Waals surface area contributed by atoms with Crippen molar-refractivity contribution in [2.75, 3.05) is 37.9 Å². The number of hydrogen-bond acceptors (Lipinski definition) is 6. The molecule has 1 aromatic carbocycles. The van der Waals surface area contributed by atoms with E-state index in [1.807, 2.05) is 0 Å². The molecule has 2 N–H and O–H groups in total. The van der Waals surface area contributed by atoms with Gasteiger partial charge in [0.2, 0.25) is 11.8 Å². The number of carbonyl (C=O) groups excluding carboxylic acids is 3. The van der Waals surface area contributed by atoms with Gasteiger partial charge in [-0.2, -0.15) is 0 Å². The molecule has 2 rings (SSSR count). The highest BCUT2D eigenvalue weighted by Gasteiger charge is 2.29. The van der Waals surface area contributed by atoms with E-state index in [1.54, 1.807) is 31.4 Å². The van der Waals surface area contributed by atoms with Crippen LogP contribution >= 0.6 is 24.2 Å². The predicted octanol–water partition coefficient (Wildman–Crippen LogP) is 1.48. The van der Waals surface area contributed by atoms with Crippen molar-refractivity contribution in [3.05, 3.63) is 29.8 Å². The van der Waals surface area contributed by atoms with Gasteiger partial charge in [0.05, 0.1) is 25.4 Å². The van der Waals surface area contributed by atoms with Crippen LogP contribution in [0.5, 0.6) is 0 Å². The van der Waals surface area contributed by atoms with Gasteiger partial charge in [-0.25, -0.2) is 0 Å². The predicted molar refractivity (Wildman–Crippen MR) is 95.5 cm³/mol. The zero-order chi connectivity index (χ0) is 16.7. The van der Waals surface area contributed by atoms with Crippen LogP contribution in [0.25, 0.3) is 0 Å². The Bertz CT molecular complexity index is 567. The lowest BCUT2D eigenvalue weighted by Crippen LogP contribution is -2.30. The van der Waals surface area contributed by atoms with Crippen LogP contribution in [0.4, 0.5) is 10.5 Å². The standard InChI is InChI=1S/C15H19N3O4S.ClH/c1-22-7-6-16-8-13(19)17-12-4-2-11(3-5-12)9-18-14(20)10-23-15(18)21;/h2-5,16H,6-10H2,1H3,(H,17,19);1H. The molecule has 132 valence electrons. The monoisotopic (exact) mass is 373 g/mol. The lowest BCUT2D eigenvalue weighted by atomic mass is 10.2. The van der Waals surface area contributed by atoms with Gasteiger partial charge >= 0.3 is 0 Å². The van der Waals surface area contributed by atoms with Crippen LogP contribution in [-0.2, 0) is 20.9 Å². The van der Waals surface area contributed by atoms with Crippen LogP contribution in [0, 0.1) is 0 Å². The Labute approximate surface area is 150 Å². The van der Waals surface area contributed by atoms with Gasteiger partial charge in [0.25, 0.3) is 5.24 Å². The average Bonchev–Trinajstić information content (AvgIpc) is 2.85. The first kappa shape index (κ1) is 20.4. The third-order valence-electron chi connectivity index (χ3n) is 3.19. The SMILES string of the molecule is COCCNCC(=O)Nc1ccc(CN2C(=O)CSC2=O)cc1.Cl. The molecule has 0 aliphatic carbocycles. The minimum Gasteiger partial charge on any atom is -0.383 e. The number of nitrogens with zero attached hydrogens (tertiary/aromatic N) is 1. The smallest absolute Gasteiger partial charge is 0.289 e. The second-order valence-corrected chi connectivity index (χ2v) is 5.88. The number of ether oxygens (including phenoxy) is 1. The van der Waals surface area contributed by atoms with Gasteiger partial charge < -0.3 is 15.4 Å². The van der Waals surface area contributed by atoms with Gasteiger partial charge in [-0.3, -0.25) is 19.3 Å². The Morgan fingerprint density at radius 1 is 1.29 bits per heavy atom. The summed E-state index contributed by atoms with van der Waals surface area (Å²) in [7, 11) is 1.60. The Morgan fingerprint density at radius 2 is 2.00 bits per heavy atom. The van der Waals surface area contributed by atoms with Gasteiger partial charge in [0, 0.05) is 19.3 Å². The first-order valence-corrected chi connectivity index (χ1v) is 8.14. The van der Waals surface area contributed by atoms with Crippen molar-refractivity contribution in [2.45, 2.75) is 6.54 Å². The van der Waals surface area contributed by atoms with Crippen LogP contribution < -0.4 is 10.6 Å². The molecule has 0 radical (unpaired) electrons. The molecule has 9 heteroatoms. The molecule has 0 spiro atoms. The second-order valence-electron chi connectivity index (χ2n) is 4.95. The number of nitrogens with one attached hydrogen (secondary N) is 2. The molecule has 7 nitrogen and oxygen atoms in total. The largest absolute Gasteiger partial charge is 0.383 e. The fourth-order valence-electron chi connectivity index (χ4n) is 1.99. The number of carbonyl (C=O) groups is 3. The van der Waals surface area contributed by atoms with Gasteiger partial charge in [0.1, 0.15) is 0 Å². The molecule has 0 atom stereocenters. The van der Waals surface area contributed by atoms with Crippen LogP contribution in [0.1, 0.15) is 5.56 Å². The minimum absolute atomic E-state index is 0. The maximum Gasteiger partial charge on any atom is 0.289 e. The number of anilines is 1. The number of hydrogen-bond donors (Lipinski definition) is 2. The highest BCUT2D eigenvalue weighted by molar-refractivity contribution is 8.14. The third kappa shape index (κ3) is 6.12. The summed E-state index contributed by atoms with van der Waals surface area (Å²) in [6.45, 7) is 1.63. The van der Waals surface area contributed by atoms with E-state index in [4.69, 9.17) is 4.74 Å². The third-order valence-corrected chi connectivity index (χ3v) is 4.05. The van der Waals surface area contributed by atoms with Crippen molar-refractivity contribution < 1.29 is 19.1 Å². The fraction of sp³-hybridized carbons (Fsp3) is 0.400. The molecular weight excluding hydrogens is 354 g/mol. The zero-order valence-electron chi connectivity index (χ0n) is 13.2. The quantitative estimate of drug-likeness (QED) is 0.671. The van der Waals surface area contributed by atoms with E-state index in [-0.39, 0.29) is 48.3 Å². The lowest BCUT2D eigenvalue weighted by Gasteiger charge is -2.13. The van der Waals surface area contributed by atoms with Crippen molar-refractivity contribution in [1.82, 2.24) is 10.2 Å². The molecule has 3 amide bonds. The number of amides is 3. The average molecular weight is 374 g/mol. The summed E-state index contributed by atoms with van der Waals surface area (Å²) in [6, 6.07) is 7.08. The Morgan fingerprint density at radius 3 is 2.58 bits per heavy atom. The van der Waals surface area contributed by atoms with Crippen LogP contribution in [0.3, 0.4) is 0 Å². The molecular formula is C15H20ClN3O4S. The van der Waals surface area contributed by atoms with Crippen molar-refractivity contribution in [2.24, 2.45) is 0 Å².